The third kappa shape index (κ3) is 4.10. The number of carbonyl (C=O) groups is 2. The zero-order chi connectivity index (χ0) is 21.1. The van der Waals surface area contributed by atoms with E-state index in [0.29, 0.717) is 37.9 Å². The molecule has 0 aliphatic carbocycles. The first-order chi connectivity index (χ1) is 14.5. The Kier molecular flexibility index (Phi) is 5.60. The van der Waals surface area contributed by atoms with Gasteiger partial charge >= 0.3 is 5.97 Å². The van der Waals surface area contributed by atoms with Crippen LogP contribution in [0.2, 0.25) is 0 Å². The monoisotopic (exact) mass is 408 g/mol. The van der Waals surface area contributed by atoms with E-state index in [1.54, 1.807) is 15.6 Å². The average Bonchev–Trinajstić information content (AvgIpc) is 3.21. The fourth-order valence-corrected chi connectivity index (χ4v) is 3.57. The number of ether oxygens (including phenoxy) is 1. The van der Waals surface area contributed by atoms with Crippen molar-refractivity contribution in [1.29, 1.82) is 0 Å². The van der Waals surface area contributed by atoms with Gasteiger partial charge in [0.25, 0.3) is 5.78 Å². The van der Waals surface area contributed by atoms with E-state index in [1.807, 2.05) is 18.2 Å². The fourth-order valence-electron chi connectivity index (χ4n) is 3.57. The first-order valence-corrected chi connectivity index (χ1v) is 9.93. The summed E-state index contributed by atoms with van der Waals surface area (Å²) in [7, 11) is 1.33. The maximum atomic E-state index is 12.3. The van der Waals surface area contributed by atoms with Crippen LogP contribution in [0.25, 0.3) is 17.0 Å². The highest BCUT2D eigenvalue weighted by Gasteiger charge is 2.24. The van der Waals surface area contributed by atoms with E-state index in [2.05, 4.69) is 43.8 Å². The number of piperazine rings is 1. The van der Waals surface area contributed by atoms with Crippen LogP contribution >= 0.6 is 0 Å². The van der Waals surface area contributed by atoms with Gasteiger partial charge in [-0.15, -0.1) is 5.10 Å². The molecule has 0 atom stereocenters. The predicted octanol–water partition coefficient (Wildman–Crippen LogP) is 1.70. The normalized spacial score (nSPS) is 14.2. The SMILES string of the molecule is COC(=O)CCC(=O)N1CCN(c2nc3nccc(-c4cccc(C)c4)n3n2)CC1. The van der Waals surface area contributed by atoms with Crippen LogP contribution in [0.1, 0.15) is 18.4 Å². The number of fused-ring (bicyclic) bond motifs is 1. The molecule has 0 unspecified atom stereocenters. The van der Waals surface area contributed by atoms with Gasteiger partial charge in [0.2, 0.25) is 11.9 Å². The molecule has 1 amide bonds. The van der Waals surface area contributed by atoms with Gasteiger partial charge in [0.05, 0.1) is 19.2 Å². The van der Waals surface area contributed by atoms with E-state index in [1.165, 1.54) is 12.7 Å². The Morgan fingerprint density at radius 2 is 1.90 bits per heavy atom. The minimum absolute atomic E-state index is 0.0357. The van der Waals surface area contributed by atoms with Crippen molar-refractivity contribution in [2.24, 2.45) is 0 Å². The summed E-state index contributed by atoms with van der Waals surface area (Å²) in [6, 6.07) is 10.2. The molecule has 3 heterocycles. The Morgan fingerprint density at radius 3 is 2.63 bits per heavy atom. The minimum Gasteiger partial charge on any atom is -0.469 e. The van der Waals surface area contributed by atoms with E-state index in [-0.39, 0.29) is 24.7 Å². The second-order valence-corrected chi connectivity index (χ2v) is 7.27. The highest BCUT2D eigenvalue weighted by atomic mass is 16.5. The number of aryl methyl sites for hydroxylation is 1. The molecular weight excluding hydrogens is 384 g/mol. The first-order valence-electron chi connectivity index (χ1n) is 9.93. The van der Waals surface area contributed by atoms with Gasteiger partial charge in [-0.1, -0.05) is 23.8 Å². The van der Waals surface area contributed by atoms with Crippen molar-refractivity contribution in [1.82, 2.24) is 24.5 Å². The van der Waals surface area contributed by atoms with E-state index in [9.17, 15) is 9.59 Å². The summed E-state index contributed by atoms with van der Waals surface area (Å²) in [4.78, 5) is 36.3. The molecule has 3 aromatic rings. The number of amides is 1. The lowest BCUT2D eigenvalue weighted by molar-refractivity contribution is -0.143. The van der Waals surface area contributed by atoms with Crippen LogP contribution in [0.5, 0.6) is 0 Å². The Labute approximate surface area is 174 Å². The third-order valence-corrected chi connectivity index (χ3v) is 5.23. The summed E-state index contributed by atoms with van der Waals surface area (Å²) in [6.07, 6.45) is 2.02. The summed E-state index contributed by atoms with van der Waals surface area (Å²) in [5.74, 6) is 0.740. The van der Waals surface area contributed by atoms with Gasteiger partial charge in [-0.3, -0.25) is 9.59 Å². The van der Waals surface area contributed by atoms with Crippen LogP contribution in [0, 0.1) is 6.92 Å². The van der Waals surface area contributed by atoms with E-state index in [0.717, 1.165) is 11.3 Å². The average molecular weight is 408 g/mol. The number of methoxy groups -OCH3 is 1. The molecule has 156 valence electrons. The molecule has 0 bridgehead atoms. The van der Waals surface area contributed by atoms with Crippen molar-refractivity contribution >= 4 is 23.6 Å². The summed E-state index contributed by atoms with van der Waals surface area (Å²) in [6.45, 7) is 4.43. The molecular formula is C21H24N6O3. The molecule has 1 saturated heterocycles. The number of hydrogen-bond donors (Lipinski definition) is 0. The number of aromatic nitrogens is 4. The van der Waals surface area contributed by atoms with Gasteiger partial charge in [0.1, 0.15) is 0 Å². The topological polar surface area (TPSA) is 92.9 Å². The standard InChI is InChI=1S/C21H24N6O3/c1-15-4-3-5-16(14-15)17-8-9-22-20-23-21(24-27(17)20)26-12-10-25(11-13-26)18(28)6-7-19(29)30-2/h3-5,8-9,14H,6-7,10-13H2,1-2H3. The maximum Gasteiger partial charge on any atom is 0.306 e. The van der Waals surface area contributed by atoms with Gasteiger partial charge in [-0.05, 0) is 19.1 Å². The molecule has 4 rings (SSSR count). The Morgan fingerprint density at radius 1 is 1.10 bits per heavy atom. The molecule has 1 aliphatic rings. The molecule has 1 fully saturated rings. The molecule has 0 radical (unpaired) electrons. The van der Waals surface area contributed by atoms with Crippen molar-refractivity contribution in [2.75, 3.05) is 38.2 Å². The second kappa shape index (κ2) is 8.48. The molecule has 2 aromatic heterocycles. The first kappa shape index (κ1) is 19.8. The lowest BCUT2D eigenvalue weighted by atomic mass is 10.1. The van der Waals surface area contributed by atoms with Crippen LogP contribution in [0.15, 0.2) is 36.5 Å². The fraction of sp³-hybridized carbons (Fsp3) is 0.381. The zero-order valence-electron chi connectivity index (χ0n) is 17.1. The Balaban J connectivity index is 1.47. The molecule has 9 heteroatoms. The van der Waals surface area contributed by atoms with Gasteiger partial charge in [-0.25, -0.2) is 4.98 Å². The quantitative estimate of drug-likeness (QED) is 0.593. The van der Waals surface area contributed by atoms with Gasteiger partial charge in [-0.2, -0.15) is 9.50 Å². The summed E-state index contributed by atoms with van der Waals surface area (Å²) < 4.78 is 6.36. The van der Waals surface area contributed by atoms with E-state index < -0.39 is 0 Å². The van der Waals surface area contributed by atoms with Crippen LogP contribution in [0.3, 0.4) is 0 Å². The van der Waals surface area contributed by atoms with E-state index >= 15 is 0 Å². The molecule has 0 saturated carbocycles. The van der Waals surface area contributed by atoms with Crippen molar-refractivity contribution < 1.29 is 14.3 Å². The highest BCUT2D eigenvalue weighted by molar-refractivity contribution is 5.81. The number of nitrogens with zero attached hydrogens (tertiary/aromatic N) is 6. The number of esters is 1. The largest absolute Gasteiger partial charge is 0.469 e. The second-order valence-electron chi connectivity index (χ2n) is 7.27. The van der Waals surface area contributed by atoms with Crippen LogP contribution < -0.4 is 4.90 Å². The zero-order valence-corrected chi connectivity index (χ0v) is 17.1. The molecule has 1 aromatic carbocycles. The lowest BCUT2D eigenvalue weighted by Gasteiger charge is -2.34. The summed E-state index contributed by atoms with van der Waals surface area (Å²) in [5.41, 5.74) is 3.16. The minimum atomic E-state index is -0.368. The lowest BCUT2D eigenvalue weighted by Crippen LogP contribution is -2.49. The Hall–Kier alpha value is -3.49. The van der Waals surface area contributed by atoms with Crippen molar-refractivity contribution in [3.05, 3.63) is 42.1 Å². The molecule has 0 spiro atoms. The Bertz CT molecular complexity index is 1070. The molecule has 0 N–H and O–H groups in total. The molecule has 1 aliphatic heterocycles. The number of rotatable bonds is 5. The molecule has 9 nitrogen and oxygen atoms in total. The van der Waals surface area contributed by atoms with Crippen molar-refractivity contribution in [2.45, 2.75) is 19.8 Å². The van der Waals surface area contributed by atoms with Crippen LogP contribution in [-0.2, 0) is 14.3 Å². The van der Waals surface area contributed by atoms with Crippen molar-refractivity contribution in [3.8, 4) is 11.3 Å². The van der Waals surface area contributed by atoms with Gasteiger partial charge in [0.15, 0.2) is 0 Å². The summed E-state index contributed by atoms with van der Waals surface area (Å²) >= 11 is 0. The number of carbonyl (C=O) groups excluding carboxylic acids is 2. The maximum absolute atomic E-state index is 12.3. The van der Waals surface area contributed by atoms with E-state index in [4.69, 9.17) is 0 Å². The number of anilines is 1. The predicted molar refractivity (Wildman–Crippen MR) is 111 cm³/mol. The smallest absolute Gasteiger partial charge is 0.306 e. The highest BCUT2D eigenvalue weighted by Crippen LogP contribution is 2.22. The van der Waals surface area contributed by atoms with Gasteiger partial charge < -0.3 is 14.5 Å². The van der Waals surface area contributed by atoms with Crippen LogP contribution in [0.4, 0.5) is 5.95 Å². The molecule has 30 heavy (non-hydrogen) atoms. The van der Waals surface area contributed by atoms with Crippen LogP contribution in [-0.4, -0.2) is 69.6 Å². The third-order valence-electron chi connectivity index (χ3n) is 5.23. The summed E-state index contributed by atoms with van der Waals surface area (Å²) in [5, 5.41) is 4.69. The number of benzene rings is 1. The van der Waals surface area contributed by atoms with Gasteiger partial charge in [0, 0.05) is 44.4 Å². The van der Waals surface area contributed by atoms with Crippen molar-refractivity contribution in [3.63, 3.8) is 0 Å². The number of hydrogen-bond acceptors (Lipinski definition) is 7.